The maximum Gasteiger partial charge on any atom is 0.323 e. The third-order valence-electron chi connectivity index (χ3n) is 4.13. The fourth-order valence-electron chi connectivity index (χ4n) is 2.73. The summed E-state index contributed by atoms with van der Waals surface area (Å²) in [4.78, 5) is 28.9. The highest BCUT2D eigenvalue weighted by Gasteiger charge is 2.11. The number of hydrogen-bond donors (Lipinski definition) is 3. The van der Waals surface area contributed by atoms with Crippen LogP contribution in [-0.2, 0) is 4.79 Å². The predicted octanol–water partition coefficient (Wildman–Crippen LogP) is 6.32. The fourth-order valence-corrected chi connectivity index (χ4v) is 4.82. The molecule has 0 spiro atoms. The molecule has 4 aromatic rings. The predicted molar refractivity (Wildman–Crippen MR) is 130 cm³/mol. The van der Waals surface area contributed by atoms with Crippen LogP contribution in [0.2, 0.25) is 5.02 Å². The van der Waals surface area contributed by atoms with Crippen LogP contribution in [0.25, 0.3) is 10.2 Å². The van der Waals surface area contributed by atoms with Gasteiger partial charge in [0.2, 0.25) is 5.91 Å². The largest absolute Gasteiger partial charge is 0.324 e. The molecule has 9 heteroatoms. The summed E-state index contributed by atoms with van der Waals surface area (Å²) in [7, 11) is 0. The second-order valence-corrected chi connectivity index (χ2v) is 9.08. The molecule has 0 aliphatic rings. The molecule has 0 bridgehead atoms. The van der Waals surface area contributed by atoms with Crippen molar-refractivity contribution in [2.24, 2.45) is 0 Å². The van der Waals surface area contributed by atoms with E-state index in [9.17, 15) is 9.59 Å². The van der Waals surface area contributed by atoms with E-state index in [1.54, 1.807) is 18.2 Å². The van der Waals surface area contributed by atoms with Gasteiger partial charge in [-0.05, 0) is 42.5 Å². The van der Waals surface area contributed by atoms with Crippen molar-refractivity contribution >= 4 is 73.9 Å². The molecule has 1 aromatic heterocycles. The first-order valence-corrected chi connectivity index (χ1v) is 11.5. The van der Waals surface area contributed by atoms with Crippen molar-refractivity contribution in [1.82, 2.24) is 4.98 Å². The molecule has 3 N–H and O–H groups in total. The molecule has 0 fully saturated rings. The van der Waals surface area contributed by atoms with Crippen LogP contribution in [0.15, 0.2) is 77.1 Å². The standard InChI is InChI=1S/C22H17ClN4O2S2/c23-16-8-4-5-9-17(16)26-20(28)13-30-22-27-18-11-10-15(12-19(18)31-22)25-21(29)24-14-6-2-1-3-7-14/h1-12H,13H2,(H,26,28)(H2,24,25,29). The summed E-state index contributed by atoms with van der Waals surface area (Å²) in [6.07, 6.45) is 0. The van der Waals surface area contributed by atoms with Crippen molar-refractivity contribution in [3.05, 3.63) is 77.8 Å². The molecule has 0 saturated heterocycles. The number of nitrogens with zero attached hydrogens (tertiary/aromatic N) is 1. The van der Waals surface area contributed by atoms with Gasteiger partial charge >= 0.3 is 6.03 Å². The van der Waals surface area contributed by atoms with Gasteiger partial charge in [0.15, 0.2) is 4.34 Å². The molecule has 0 unspecified atom stereocenters. The molecule has 0 saturated carbocycles. The minimum atomic E-state index is -0.319. The number of aromatic nitrogens is 1. The van der Waals surface area contributed by atoms with Crippen LogP contribution in [0.1, 0.15) is 0 Å². The Morgan fingerprint density at radius 3 is 2.45 bits per heavy atom. The molecule has 156 valence electrons. The highest BCUT2D eigenvalue weighted by atomic mass is 35.5. The molecule has 4 rings (SSSR count). The molecule has 0 aliphatic heterocycles. The van der Waals surface area contributed by atoms with Gasteiger partial charge < -0.3 is 16.0 Å². The smallest absolute Gasteiger partial charge is 0.323 e. The Bertz CT molecular complexity index is 1230. The van der Waals surface area contributed by atoms with Crippen LogP contribution >= 0.6 is 34.7 Å². The zero-order valence-corrected chi connectivity index (χ0v) is 18.5. The maximum atomic E-state index is 12.2. The number of amides is 3. The van der Waals surface area contributed by atoms with Crippen molar-refractivity contribution in [2.45, 2.75) is 4.34 Å². The van der Waals surface area contributed by atoms with Crippen LogP contribution in [0, 0.1) is 0 Å². The third kappa shape index (κ3) is 5.75. The van der Waals surface area contributed by atoms with Crippen molar-refractivity contribution in [3.8, 4) is 0 Å². The fraction of sp³-hybridized carbons (Fsp3) is 0.0455. The molecule has 3 amide bonds. The Kier molecular flexibility index (Phi) is 6.71. The number of rotatable bonds is 6. The molecule has 0 radical (unpaired) electrons. The van der Waals surface area contributed by atoms with E-state index < -0.39 is 0 Å². The minimum Gasteiger partial charge on any atom is -0.324 e. The van der Waals surface area contributed by atoms with Crippen molar-refractivity contribution in [2.75, 3.05) is 21.7 Å². The highest BCUT2D eigenvalue weighted by molar-refractivity contribution is 8.01. The summed E-state index contributed by atoms with van der Waals surface area (Å²) < 4.78 is 1.70. The average molecular weight is 469 g/mol. The van der Waals surface area contributed by atoms with Gasteiger partial charge in [-0.25, -0.2) is 9.78 Å². The second-order valence-electron chi connectivity index (χ2n) is 6.42. The number of urea groups is 1. The summed E-state index contributed by atoms with van der Waals surface area (Å²) >= 11 is 8.89. The number of nitrogens with one attached hydrogen (secondary N) is 3. The Hall–Kier alpha value is -3.07. The van der Waals surface area contributed by atoms with Gasteiger partial charge in [0.1, 0.15) is 0 Å². The summed E-state index contributed by atoms with van der Waals surface area (Å²) in [5.41, 5.74) is 2.78. The lowest BCUT2D eigenvalue weighted by Crippen LogP contribution is -2.19. The van der Waals surface area contributed by atoms with Gasteiger partial charge in [0, 0.05) is 11.4 Å². The number of fused-ring (bicyclic) bond motifs is 1. The summed E-state index contributed by atoms with van der Waals surface area (Å²) in [5, 5.41) is 8.89. The lowest BCUT2D eigenvalue weighted by Gasteiger charge is -2.07. The first-order chi connectivity index (χ1) is 15.1. The van der Waals surface area contributed by atoms with Crippen LogP contribution in [0.4, 0.5) is 21.9 Å². The topological polar surface area (TPSA) is 83.1 Å². The Balaban J connectivity index is 1.35. The van der Waals surface area contributed by atoms with E-state index in [4.69, 9.17) is 11.6 Å². The Morgan fingerprint density at radius 2 is 1.65 bits per heavy atom. The molecule has 1 heterocycles. The van der Waals surface area contributed by atoms with E-state index in [1.807, 2.05) is 54.6 Å². The van der Waals surface area contributed by atoms with E-state index in [0.29, 0.717) is 22.1 Å². The van der Waals surface area contributed by atoms with Crippen LogP contribution in [0.5, 0.6) is 0 Å². The van der Waals surface area contributed by atoms with Crippen LogP contribution in [0.3, 0.4) is 0 Å². The number of benzene rings is 3. The summed E-state index contributed by atoms with van der Waals surface area (Å²) in [6.45, 7) is 0. The van der Waals surface area contributed by atoms with Crippen LogP contribution in [-0.4, -0.2) is 22.7 Å². The number of halogens is 1. The number of carbonyl (C=O) groups is 2. The Morgan fingerprint density at radius 1 is 0.903 bits per heavy atom. The number of anilines is 3. The SMILES string of the molecule is O=C(CSc1nc2ccc(NC(=O)Nc3ccccc3)cc2s1)Nc1ccccc1Cl. The molecule has 3 aromatic carbocycles. The van der Waals surface area contributed by atoms with E-state index >= 15 is 0 Å². The van der Waals surface area contributed by atoms with Crippen molar-refractivity contribution in [3.63, 3.8) is 0 Å². The van der Waals surface area contributed by atoms with E-state index in [1.165, 1.54) is 23.1 Å². The normalized spacial score (nSPS) is 10.6. The van der Waals surface area contributed by atoms with Gasteiger partial charge in [0.05, 0.1) is 26.7 Å². The molecule has 31 heavy (non-hydrogen) atoms. The molecule has 6 nitrogen and oxygen atoms in total. The first kappa shape index (κ1) is 21.2. The summed E-state index contributed by atoms with van der Waals surface area (Å²) in [6, 6.07) is 21.5. The van der Waals surface area contributed by atoms with Gasteiger partial charge in [-0.3, -0.25) is 4.79 Å². The quantitative estimate of drug-likeness (QED) is 0.289. The first-order valence-electron chi connectivity index (χ1n) is 9.28. The molecule has 0 aliphatic carbocycles. The second kappa shape index (κ2) is 9.82. The lowest BCUT2D eigenvalue weighted by molar-refractivity contribution is -0.113. The summed E-state index contributed by atoms with van der Waals surface area (Å²) in [5.74, 6) is 0.0626. The minimum absolute atomic E-state index is 0.155. The third-order valence-corrected chi connectivity index (χ3v) is 6.62. The lowest BCUT2D eigenvalue weighted by atomic mass is 10.3. The molecule has 0 atom stereocenters. The number of carbonyl (C=O) groups excluding carboxylic acids is 2. The number of thioether (sulfide) groups is 1. The average Bonchev–Trinajstić information content (AvgIpc) is 3.17. The van der Waals surface area contributed by atoms with Gasteiger partial charge in [-0.1, -0.05) is 53.7 Å². The molecular weight excluding hydrogens is 452 g/mol. The van der Waals surface area contributed by atoms with Crippen molar-refractivity contribution < 1.29 is 9.59 Å². The van der Waals surface area contributed by atoms with E-state index in [0.717, 1.165) is 14.6 Å². The zero-order chi connectivity index (χ0) is 21.6. The van der Waals surface area contributed by atoms with Gasteiger partial charge in [-0.2, -0.15) is 0 Å². The monoisotopic (exact) mass is 468 g/mol. The van der Waals surface area contributed by atoms with Gasteiger partial charge in [-0.15, -0.1) is 11.3 Å². The number of thiazole rings is 1. The van der Waals surface area contributed by atoms with Crippen LogP contribution < -0.4 is 16.0 Å². The number of para-hydroxylation sites is 2. The number of hydrogen-bond acceptors (Lipinski definition) is 5. The van der Waals surface area contributed by atoms with Gasteiger partial charge in [0.25, 0.3) is 0 Å². The Labute approximate surface area is 192 Å². The van der Waals surface area contributed by atoms with Crippen molar-refractivity contribution in [1.29, 1.82) is 0 Å². The van der Waals surface area contributed by atoms with E-state index in [-0.39, 0.29) is 17.7 Å². The zero-order valence-electron chi connectivity index (χ0n) is 16.1. The molecular formula is C22H17ClN4O2S2. The van der Waals surface area contributed by atoms with E-state index in [2.05, 4.69) is 20.9 Å². The maximum absolute atomic E-state index is 12.2. The highest BCUT2D eigenvalue weighted by Crippen LogP contribution is 2.31.